The first-order valence-electron chi connectivity index (χ1n) is 7.36. The van der Waals surface area contributed by atoms with Crippen LogP contribution in [0.4, 0.5) is 0 Å². The molecule has 110 valence electrons. The Morgan fingerprint density at radius 1 is 1.00 bits per heavy atom. The zero-order chi connectivity index (χ0) is 15.1. The van der Waals surface area contributed by atoms with Crippen molar-refractivity contribution < 1.29 is 4.42 Å². The molecule has 0 saturated heterocycles. The molecule has 1 aromatic heterocycles. The molecule has 1 heterocycles. The molecule has 2 heteroatoms. The van der Waals surface area contributed by atoms with Gasteiger partial charge in [0, 0.05) is 16.5 Å². The van der Waals surface area contributed by atoms with Gasteiger partial charge in [-0.15, -0.1) is 0 Å². The van der Waals surface area contributed by atoms with Gasteiger partial charge >= 0.3 is 0 Å². The lowest BCUT2D eigenvalue weighted by Crippen LogP contribution is -2.16. The van der Waals surface area contributed by atoms with E-state index < -0.39 is 0 Å². The first-order valence-corrected chi connectivity index (χ1v) is 7.36. The lowest BCUT2D eigenvalue weighted by Gasteiger charge is -2.20. The van der Waals surface area contributed by atoms with Gasteiger partial charge in [-0.3, -0.25) is 0 Å². The van der Waals surface area contributed by atoms with Crippen molar-refractivity contribution >= 4 is 11.0 Å². The van der Waals surface area contributed by atoms with Crippen LogP contribution in [0.15, 0.2) is 22.6 Å². The van der Waals surface area contributed by atoms with Crippen LogP contribution in [0.3, 0.4) is 0 Å². The molecule has 0 unspecified atom stereocenters. The van der Waals surface area contributed by atoms with Crippen molar-refractivity contribution in [2.45, 2.75) is 58.9 Å². The molecule has 2 rings (SSSR count). The fraction of sp³-hybridized carbons (Fsp3) is 0.556. The van der Waals surface area contributed by atoms with E-state index in [2.05, 4.69) is 65.1 Å². The van der Waals surface area contributed by atoms with Gasteiger partial charge in [0.2, 0.25) is 0 Å². The minimum absolute atomic E-state index is 0.0773. The van der Waals surface area contributed by atoms with E-state index in [1.54, 1.807) is 0 Å². The van der Waals surface area contributed by atoms with E-state index in [0.717, 1.165) is 17.9 Å². The molecule has 1 aromatic carbocycles. The second-order valence-corrected chi connectivity index (χ2v) is 7.61. The summed E-state index contributed by atoms with van der Waals surface area (Å²) in [6.07, 6.45) is 0. The van der Waals surface area contributed by atoms with Crippen molar-refractivity contribution in [3.63, 3.8) is 0 Å². The van der Waals surface area contributed by atoms with E-state index in [1.807, 2.05) is 7.05 Å². The number of rotatable bonds is 2. The summed E-state index contributed by atoms with van der Waals surface area (Å²) < 4.78 is 6.26. The highest BCUT2D eigenvalue weighted by atomic mass is 16.3. The Hall–Kier alpha value is -1.28. The highest BCUT2D eigenvalue weighted by molar-refractivity contribution is 5.86. The van der Waals surface area contributed by atoms with Crippen molar-refractivity contribution in [1.29, 1.82) is 0 Å². The van der Waals surface area contributed by atoms with Crippen LogP contribution < -0.4 is 5.32 Å². The molecule has 0 aliphatic carbocycles. The molecule has 0 aliphatic heterocycles. The summed E-state index contributed by atoms with van der Waals surface area (Å²) in [5.74, 6) is 1.06. The lowest BCUT2D eigenvalue weighted by molar-refractivity contribution is 0.486. The fourth-order valence-electron chi connectivity index (χ4n) is 2.87. The van der Waals surface area contributed by atoms with Gasteiger partial charge in [0.15, 0.2) is 0 Å². The molecular formula is C18H27NO. The third kappa shape index (κ3) is 2.62. The molecular weight excluding hydrogens is 246 g/mol. The van der Waals surface area contributed by atoms with Crippen LogP contribution in [-0.4, -0.2) is 7.05 Å². The first-order chi connectivity index (χ1) is 9.16. The van der Waals surface area contributed by atoms with Gasteiger partial charge < -0.3 is 9.73 Å². The minimum atomic E-state index is 0.0773. The van der Waals surface area contributed by atoms with Gasteiger partial charge in [0.25, 0.3) is 0 Å². The Morgan fingerprint density at radius 3 is 2.15 bits per heavy atom. The minimum Gasteiger partial charge on any atom is -0.459 e. The van der Waals surface area contributed by atoms with Crippen LogP contribution in [0.2, 0.25) is 0 Å². The normalized spacial score (nSPS) is 13.2. The quantitative estimate of drug-likeness (QED) is 0.854. The van der Waals surface area contributed by atoms with Crippen LogP contribution in [0.5, 0.6) is 0 Å². The number of nitrogens with one attached hydrogen (secondary N) is 1. The van der Waals surface area contributed by atoms with E-state index in [-0.39, 0.29) is 10.8 Å². The monoisotopic (exact) mass is 273 g/mol. The SMILES string of the molecule is CNCc1oc2c(C(C)(C)C)cccc2c1C(C)(C)C. The van der Waals surface area contributed by atoms with E-state index in [9.17, 15) is 0 Å². The Bertz CT molecular complexity index is 609. The molecule has 1 N–H and O–H groups in total. The predicted octanol–water partition coefficient (Wildman–Crippen LogP) is 4.75. The van der Waals surface area contributed by atoms with Gasteiger partial charge in [-0.05, 0) is 17.9 Å². The predicted molar refractivity (Wildman–Crippen MR) is 86.4 cm³/mol. The maximum Gasteiger partial charge on any atom is 0.138 e. The zero-order valence-electron chi connectivity index (χ0n) is 13.8. The van der Waals surface area contributed by atoms with E-state index in [4.69, 9.17) is 4.42 Å². The Balaban J connectivity index is 2.81. The fourth-order valence-corrected chi connectivity index (χ4v) is 2.87. The Kier molecular flexibility index (Phi) is 3.72. The van der Waals surface area contributed by atoms with Crippen molar-refractivity contribution in [1.82, 2.24) is 5.32 Å². The summed E-state index contributed by atoms with van der Waals surface area (Å²) >= 11 is 0. The molecule has 0 amide bonds. The Labute approximate surface area is 122 Å². The summed E-state index contributed by atoms with van der Waals surface area (Å²) in [6, 6.07) is 6.52. The Morgan fingerprint density at radius 2 is 1.65 bits per heavy atom. The largest absolute Gasteiger partial charge is 0.459 e. The van der Waals surface area contributed by atoms with Crippen LogP contribution in [-0.2, 0) is 17.4 Å². The number of hydrogen-bond donors (Lipinski definition) is 1. The molecule has 2 nitrogen and oxygen atoms in total. The standard InChI is InChI=1S/C18H27NO/c1-17(2,3)13-10-8-9-12-15(18(4,5)6)14(11-19-7)20-16(12)13/h8-10,19H,11H2,1-7H3. The molecule has 0 radical (unpaired) electrons. The second-order valence-electron chi connectivity index (χ2n) is 7.61. The van der Waals surface area contributed by atoms with E-state index >= 15 is 0 Å². The third-order valence-electron chi connectivity index (χ3n) is 3.68. The lowest BCUT2D eigenvalue weighted by atomic mass is 9.82. The van der Waals surface area contributed by atoms with E-state index in [1.165, 1.54) is 16.5 Å². The molecule has 0 bridgehead atoms. The maximum atomic E-state index is 6.26. The maximum absolute atomic E-state index is 6.26. The highest BCUT2D eigenvalue weighted by Gasteiger charge is 2.28. The smallest absolute Gasteiger partial charge is 0.138 e. The van der Waals surface area contributed by atoms with Gasteiger partial charge in [-0.1, -0.05) is 59.7 Å². The van der Waals surface area contributed by atoms with Gasteiger partial charge in [-0.25, -0.2) is 0 Å². The molecule has 0 atom stereocenters. The van der Waals surface area contributed by atoms with Crippen LogP contribution in [0.1, 0.15) is 58.4 Å². The van der Waals surface area contributed by atoms with Crippen LogP contribution in [0.25, 0.3) is 11.0 Å². The van der Waals surface area contributed by atoms with Crippen LogP contribution in [0, 0.1) is 0 Å². The zero-order valence-corrected chi connectivity index (χ0v) is 13.8. The number of benzene rings is 1. The number of furan rings is 1. The average Bonchev–Trinajstić information content (AvgIpc) is 2.64. The molecule has 0 aliphatic rings. The van der Waals surface area contributed by atoms with Crippen molar-refractivity contribution in [2.24, 2.45) is 0 Å². The van der Waals surface area contributed by atoms with E-state index in [0.29, 0.717) is 0 Å². The first kappa shape index (κ1) is 15.1. The number of para-hydroxylation sites is 1. The van der Waals surface area contributed by atoms with Crippen molar-refractivity contribution in [3.05, 3.63) is 35.1 Å². The molecule has 0 saturated carbocycles. The summed E-state index contributed by atoms with van der Waals surface area (Å²) in [5.41, 5.74) is 3.82. The van der Waals surface area contributed by atoms with Crippen molar-refractivity contribution in [2.75, 3.05) is 7.05 Å². The summed E-state index contributed by atoms with van der Waals surface area (Å²) in [6.45, 7) is 14.2. The van der Waals surface area contributed by atoms with Crippen molar-refractivity contribution in [3.8, 4) is 0 Å². The summed E-state index contributed by atoms with van der Waals surface area (Å²) in [7, 11) is 1.96. The average molecular weight is 273 g/mol. The number of fused-ring (bicyclic) bond motifs is 1. The van der Waals surface area contributed by atoms with Gasteiger partial charge in [0.1, 0.15) is 11.3 Å². The summed E-state index contributed by atoms with van der Waals surface area (Å²) in [4.78, 5) is 0. The van der Waals surface area contributed by atoms with Gasteiger partial charge in [0.05, 0.1) is 6.54 Å². The second kappa shape index (κ2) is 4.92. The van der Waals surface area contributed by atoms with Crippen LogP contribution >= 0.6 is 0 Å². The summed E-state index contributed by atoms with van der Waals surface area (Å²) in [5, 5.41) is 4.48. The third-order valence-corrected chi connectivity index (χ3v) is 3.68. The van der Waals surface area contributed by atoms with Gasteiger partial charge in [-0.2, -0.15) is 0 Å². The topological polar surface area (TPSA) is 25.2 Å². The molecule has 2 aromatic rings. The number of hydrogen-bond acceptors (Lipinski definition) is 2. The molecule has 20 heavy (non-hydrogen) atoms. The highest BCUT2D eigenvalue weighted by Crippen LogP contribution is 2.39. The molecule has 0 spiro atoms. The molecule has 0 fully saturated rings.